The molecule has 23 heavy (non-hydrogen) atoms. The van der Waals surface area contributed by atoms with Crippen molar-refractivity contribution in [1.82, 2.24) is 10.6 Å². The van der Waals surface area contributed by atoms with Crippen LogP contribution in [0.1, 0.15) is 31.4 Å². The molecule has 126 valence electrons. The van der Waals surface area contributed by atoms with Gasteiger partial charge in [-0.15, -0.1) is 0 Å². The molecule has 1 aromatic carbocycles. The Morgan fingerprint density at radius 3 is 2.35 bits per heavy atom. The van der Waals surface area contributed by atoms with E-state index in [-0.39, 0.29) is 18.2 Å². The third kappa shape index (κ3) is 4.71. The fourth-order valence-corrected chi connectivity index (χ4v) is 2.59. The van der Waals surface area contributed by atoms with Crippen LogP contribution in [0.3, 0.4) is 0 Å². The normalized spacial score (nSPS) is 18.7. The van der Waals surface area contributed by atoms with Crippen molar-refractivity contribution < 1.29 is 22.8 Å². The minimum absolute atomic E-state index is 0.148. The molecule has 1 heterocycles. The first-order valence-electron chi connectivity index (χ1n) is 7.32. The number of hydrogen-bond acceptors (Lipinski definition) is 2. The second-order valence-electron chi connectivity index (χ2n) is 6.45. The van der Waals surface area contributed by atoms with E-state index < -0.39 is 23.2 Å². The first kappa shape index (κ1) is 17.3. The molecule has 0 unspecified atom stereocenters. The Bertz CT molecular complexity index is 594. The minimum atomic E-state index is -4.36. The molecule has 0 aliphatic carbocycles. The molecule has 1 atom stereocenters. The van der Waals surface area contributed by atoms with Crippen LogP contribution in [-0.2, 0) is 22.2 Å². The number of amides is 2. The smallest absolute Gasteiger partial charge is 0.355 e. The van der Waals surface area contributed by atoms with Crippen LogP contribution >= 0.6 is 0 Å². The molecule has 2 rings (SSSR count). The van der Waals surface area contributed by atoms with E-state index >= 15 is 0 Å². The summed E-state index contributed by atoms with van der Waals surface area (Å²) in [5.74, 6) is -0.764. The van der Waals surface area contributed by atoms with Gasteiger partial charge in [-0.3, -0.25) is 9.59 Å². The molecule has 0 spiro atoms. The van der Waals surface area contributed by atoms with Crippen molar-refractivity contribution in [2.45, 2.75) is 38.4 Å². The molecule has 1 fully saturated rings. The molecule has 4 nitrogen and oxygen atoms in total. The summed E-state index contributed by atoms with van der Waals surface area (Å²) in [6.07, 6.45) is -3.79. The lowest BCUT2D eigenvalue weighted by atomic mass is 9.93. The van der Waals surface area contributed by atoms with Crippen LogP contribution in [0.2, 0.25) is 0 Å². The van der Waals surface area contributed by atoms with Gasteiger partial charge in [0.05, 0.1) is 11.5 Å². The summed E-state index contributed by atoms with van der Waals surface area (Å²) >= 11 is 0. The van der Waals surface area contributed by atoms with E-state index in [1.54, 1.807) is 13.8 Å². The number of rotatable bonds is 4. The Morgan fingerprint density at radius 1 is 1.26 bits per heavy atom. The van der Waals surface area contributed by atoms with Gasteiger partial charge in [-0.2, -0.15) is 13.2 Å². The minimum Gasteiger partial charge on any atom is -0.355 e. The summed E-state index contributed by atoms with van der Waals surface area (Å²) < 4.78 is 37.6. The molecule has 1 aliphatic heterocycles. The molecule has 1 aliphatic rings. The van der Waals surface area contributed by atoms with Gasteiger partial charge in [0, 0.05) is 18.5 Å². The van der Waals surface area contributed by atoms with Crippen molar-refractivity contribution in [3.8, 4) is 0 Å². The van der Waals surface area contributed by atoms with Crippen molar-refractivity contribution in [3.63, 3.8) is 0 Å². The van der Waals surface area contributed by atoms with Crippen LogP contribution in [0.5, 0.6) is 0 Å². The maximum Gasteiger partial charge on any atom is 0.416 e. The van der Waals surface area contributed by atoms with E-state index in [9.17, 15) is 22.8 Å². The molecular weight excluding hydrogens is 309 g/mol. The van der Waals surface area contributed by atoms with E-state index in [4.69, 9.17) is 0 Å². The van der Waals surface area contributed by atoms with Crippen molar-refractivity contribution in [1.29, 1.82) is 0 Å². The average molecular weight is 328 g/mol. The number of hydrogen-bond donors (Lipinski definition) is 2. The summed E-state index contributed by atoms with van der Waals surface area (Å²) in [6, 6.07) is 4.90. The Morgan fingerprint density at radius 2 is 1.87 bits per heavy atom. The van der Waals surface area contributed by atoms with E-state index in [0.717, 1.165) is 12.1 Å². The topological polar surface area (TPSA) is 58.2 Å². The quantitative estimate of drug-likeness (QED) is 0.891. The van der Waals surface area contributed by atoms with Gasteiger partial charge >= 0.3 is 6.18 Å². The highest BCUT2D eigenvalue weighted by atomic mass is 19.4. The highest BCUT2D eigenvalue weighted by Crippen LogP contribution is 2.29. The highest BCUT2D eigenvalue weighted by molar-refractivity contribution is 5.89. The summed E-state index contributed by atoms with van der Waals surface area (Å²) in [5.41, 5.74) is -0.620. The van der Waals surface area contributed by atoms with E-state index in [0.29, 0.717) is 18.5 Å². The predicted octanol–water partition coefficient (Wildman–Crippen LogP) is 2.28. The lowest BCUT2D eigenvalue weighted by Gasteiger charge is -2.28. The molecule has 0 saturated carbocycles. The largest absolute Gasteiger partial charge is 0.416 e. The standard InChI is InChI=1S/C16H19F3N2O2/c1-15(2,21-14(23)11-7-13(22)20-9-11)8-10-3-5-12(6-4-10)16(17,18)19/h3-6,11H,7-9H2,1-2H3,(H,20,22)(H,21,23)/t11-/m1/s1. The number of nitrogens with one attached hydrogen (secondary N) is 2. The first-order chi connectivity index (χ1) is 10.6. The summed E-state index contributed by atoms with van der Waals surface area (Å²) in [5, 5.41) is 5.46. The molecule has 1 saturated heterocycles. The molecule has 2 amide bonds. The van der Waals surface area contributed by atoms with Crippen molar-refractivity contribution >= 4 is 11.8 Å². The number of carbonyl (C=O) groups excluding carboxylic acids is 2. The molecule has 7 heteroatoms. The van der Waals surface area contributed by atoms with Crippen LogP contribution < -0.4 is 10.6 Å². The van der Waals surface area contributed by atoms with Gasteiger partial charge in [0.1, 0.15) is 0 Å². The maximum atomic E-state index is 12.5. The number of carbonyl (C=O) groups is 2. The molecule has 0 aromatic heterocycles. The zero-order chi connectivity index (χ0) is 17.3. The second kappa shape index (κ2) is 6.22. The van der Waals surface area contributed by atoms with Crippen molar-refractivity contribution in [2.75, 3.05) is 6.54 Å². The highest BCUT2D eigenvalue weighted by Gasteiger charge is 2.32. The molecule has 2 N–H and O–H groups in total. The van der Waals surface area contributed by atoms with Crippen LogP contribution in [0.15, 0.2) is 24.3 Å². The van der Waals surface area contributed by atoms with Gasteiger partial charge in [0.15, 0.2) is 0 Å². The predicted molar refractivity (Wildman–Crippen MR) is 78.5 cm³/mol. The van der Waals surface area contributed by atoms with Crippen molar-refractivity contribution in [2.24, 2.45) is 5.92 Å². The lowest BCUT2D eigenvalue weighted by Crippen LogP contribution is -2.48. The monoisotopic (exact) mass is 328 g/mol. The maximum absolute atomic E-state index is 12.5. The van der Waals surface area contributed by atoms with Crippen LogP contribution in [0.25, 0.3) is 0 Å². The van der Waals surface area contributed by atoms with Crippen molar-refractivity contribution in [3.05, 3.63) is 35.4 Å². The summed E-state index contributed by atoms with van der Waals surface area (Å²) in [6.45, 7) is 3.92. The van der Waals surface area contributed by atoms with Gasteiger partial charge in [-0.1, -0.05) is 12.1 Å². The van der Waals surface area contributed by atoms with E-state index in [2.05, 4.69) is 10.6 Å². The summed E-state index contributed by atoms with van der Waals surface area (Å²) in [7, 11) is 0. The number of halogens is 3. The molecular formula is C16H19F3N2O2. The first-order valence-corrected chi connectivity index (χ1v) is 7.32. The Kier molecular flexibility index (Phi) is 4.68. The molecule has 0 radical (unpaired) electrons. The average Bonchev–Trinajstić information content (AvgIpc) is 2.84. The van der Waals surface area contributed by atoms with Gasteiger partial charge in [0.2, 0.25) is 11.8 Å². The Balaban J connectivity index is 1.97. The van der Waals surface area contributed by atoms with Crippen LogP contribution in [0.4, 0.5) is 13.2 Å². The zero-order valence-electron chi connectivity index (χ0n) is 13.0. The van der Waals surface area contributed by atoms with Gasteiger partial charge < -0.3 is 10.6 Å². The SMILES string of the molecule is CC(C)(Cc1ccc(C(F)(F)F)cc1)NC(=O)[C@H]1CNC(=O)C1. The van der Waals surface area contributed by atoms with Gasteiger partial charge in [-0.25, -0.2) is 0 Å². The Hall–Kier alpha value is -2.05. The number of alkyl halides is 3. The molecule has 1 aromatic rings. The van der Waals surface area contributed by atoms with E-state index in [1.807, 2.05) is 0 Å². The third-order valence-corrected chi connectivity index (χ3v) is 3.74. The van der Waals surface area contributed by atoms with Crippen LogP contribution in [-0.4, -0.2) is 23.9 Å². The lowest BCUT2D eigenvalue weighted by molar-refractivity contribution is -0.137. The van der Waals surface area contributed by atoms with E-state index in [1.165, 1.54) is 12.1 Å². The third-order valence-electron chi connectivity index (χ3n) is 3.74. The molecule has 0 bridgehead atoms. The fraction of sp³-hybridized carbons (Fsp3) is 0.500. The van der Waals surface area contributed by atoms with Gasteiger partial charge in [-0.05, 0) is 38.0 Å². The summed E-state index contributed by atoms with van der Waals surface area (Å²) in [4.78, 5) is 23.3. The van der Waals surface area contributed by atoms with Gasteiger partial charge in [0.25, 0.3) is 0 Å². The second-order valence-corrected chi connectivity index (χ2v) is 6.45. The fourth-order valence-electron chi connectivity index (χ4n) is 2.59. The van der Waals surface area contributed by atoms with Crippen LogP contribution in [0, 0.1) is 5.92 Å². The Labute approximate surface area is 132 Å². The number of benzene rings is 1. The zero-order valence-corrected chi connectivity index (χ0v) is 13.0.